The highest BCUT2D eigenvalue weighted by Crippen LogP contribution is 2.29. The van der Waals surface area contributed by atoms with Crippen molar-refractivity contribution in [1.82, 2.24) is 0 Å². The van der Waals surface area contributed by atoms with Crippen LogP contribution in [0.1, 0.15) is 64.4 Å². The monoisotopic (exact) mass is 372 g/mol. The van der Waals surface area contributed by atoms with Crippen molar-refractivity contribution in [3.63, 3.8) is 0 Å². The molecule has 2 rings (SSSR count). The van der Waals surface area contributed by atoms with E-state index in [0.29, 0.717) is 18.9 Å². The van der Waals surface area contributed by atoms with Gasteiger partial charge in [0.15, 0.2) is 11.6 Å². The zero-order valence-corrected chi connectivity index (χ0v) is 15.4. The Hall–Kier alpha value is -1.56. The normalized spacial score (nSPS) is 20.5. The van der Waals surface area contributed by atoms with Crippen LogP contribution in [0.15, 0.2) is 12.1 Å². The van der Waals surface area contributed by atoms with Crippen molar-refractivity contribution in [3.05, 3.63) is 35.1 Å². The number of ether oxygens (including phenoxy) is 2. The minimum absolute atomic E-state index is 0.0231. The van der Waals surface area contributed by atoms with Crippen LogP contribution in [0.2, 0.25) is 0 Å². The zero-order valence-electron chi connectivity index (χ0n) is 15.4. The molecule has 1 atom stereocenters. The first kappa shape index (κ1) is 20.7. The van der Waals surface area contributed by atoms with Gasteiger partial charge in [0.2, 0.25) is 0 Å². The van der Waals surface area contributed by atoms with E-state index in [1.54, 1.807) is 0 Å². The maximum atomic E-state index is 13.5. The summed E-state index contributed by atoms with van der Waals surface area (Å²) in [7, 11) is 0. The zero-order chi connectivity index (χ0) is 19.1. The van der Waals surface area contributed by atoms with Gasteiger partial charge in [-0.25, -0.2) is 13.2 Å². The lowest BCUT2D eigenvalue weighted by Crippen LogP contribution is -2.39. The fourth-order valence-electron chi connectivity index (χ4n) is 2.91. The van der Waals surface area contributed by atoms with Crippen LogP contribution in [0, 0.1) is 23.4 Å². The molecule has 0 spiro atoms. The highest BCUT2D eigenvalue weighted by molar-refractivity contribution is 5.72. The summed E-state index contributed by atoms with van der Waals surface area (Å²) < 4.78 is 50.5. The van der Waals surface area contributed by atoms with E-state index in [0.717, 1.165) is 31.7 Å². The number of unbranched alkanes of at least 4 members (excludes halogenated alkanes) is 3. The Balaban J connectivity index is 1.64. The summed E-state index contributed by atoms with van der Waals surface area (Å²) in [6.07, 6.45) is 6.08. The van der Waals surface area contributed by atoms with Crippen molar-refractivity contribution in [2.45, 2.75) is 77.6 Å². The molecule has 1 unspecified atom stereocenters. The number of halogens is 3. The molecule has 1 aromatic rings. The van der Waals surface area contributed by atoms with Crippen LogP contribution in [0.25, 0.3) is 0 Å². The smallest absolute Gasteiger partial charge is 0.308 e. The average Bonchev–Trinajstić information content (AvgIpc) is 2.57. The number of carbonyl (C=O) groups is 1. The molecular formula is C20H27F3O3. The molecule has 0 aliphatic heterocycles. The highest BCUT2D eigenvalue weighted by atomic mass is 19.2. The Morgan fingerprint density at radius 2 is 1.77 bits per heavy atom. The topological polar surface area (TPSA) is 35.5 Å². The number of rotatable bonds is 10. The van der Waals surface area contributed by atoms with Gasteiger partial charge in [-0.3, -0.25) is 4.79 Å². The van der Waals surface area contributed by atoms with Crippen molar-refractivity contribution in [1.29, 1.82) is 0 Å². The Morgan fingerprint density at radius 1 is 1.08 bits per heavy atom. The predicted molar refractivity (Wildman–Crippen MR) is 91.9 cm³/mol. The molecule has 1 aliphatic rings. The second-order valence-corrected chi connectivity index (χ2v) is 7.07. The standard InChI is InChI=1S/C20H27F3O3/c1-3-4-5-6-7-13(2)20(24)26-16-9-15(10-16)25-12-14-8-18(22)19(23)11-17(14)21/h8,11,13,15-16H,3-7,9-10,12H2,1-2H3. The van der Waals surface area contributed by atoms with Crippen LogP contribution in [-0.2, 0) is 20.9 Å². The van der Waals surface area contributed by atoms with Gasteiger partial charge in [0.25, 0.3) is 0 Å². The van der Waals surface area contributed by atoms with Crippen molar-refractivity contribution >= 4 is 5.97 Å². The number of carbonyl (C=O) groups excluding carboxylic acids is 1. The minimum Gasteiger partial charge on any atom is -0.462 e. The molecule has 0 amide bonds. The quantitative estimate of drug-likeness (QED) is 0.318. The van der Waals surface area contributed by atoms with Gasteiger partial charge in [0, 0.05) is 24.5 Å². The van der Waals surface area contributed by atoms with E-state index in [4.69, 9.17) is 9.47 Å². The van der Waals surface area contributed by atoms with E-state index in [1.807, 2.05) is 6.92 Å². The van der Waals surface area contributed by atoms with Crippen LogP contribution in [0.3, 0.4) is 0 Å². The summed E-state index contributed by atoms with van der Waals surface area (Å²) >= 11 is 0. The molecule has 0 heterocycles. The molecule has 146 valence electrons. The van der Waals surface area contributed by atoms with Crippen molar-refractivity contribution in [2.75, 3.05) is 0 Å². The fourth-order valence-corrected chi connectivity index (χ4v) is 2.91. The third-order valence-electron chi connectivity index (χ3n) is 4.79. The van der Waals surface area contributed by atoms with Crippen LogP contribution in [0.4, 0.5) is 13.2 Å². The van der Waals surface area contributed by atoms with E-state index in [1.165, 1.54) is 6.42 Å². The molecule has 0 saturated heterocycles. The summed E-state index contributed by atoms with van der Waals surface area (Å²) in [4.78, 5) is 12.0. The molecule has 0 bridgehead atoms. The van der Waals surface area contributed by atoms with Crippen LogP contribution >= 0.6 is 0 Å². The molecule has 1 aromatic carbocycles. The van der Waals surface area contributed by atoms with E-state index in [2.05, 4.69) is 6.92 Å². The first-order chi connectivity index (χ1) is 12.4. The third kappa shape index (κ3) is 6.01. The lowest BCUT2D eigenvalue weighted by molar-refractivity contribution is -0.167. The number of hydrogen-bond acceptors (Lipinski definition) is 3. The van der Waals surface area contributed by atoms with Gasteiger partial charge in [0.05, 0.1) is 18.6 Å². The van der Waals surface area contributed by atoms with Gasteiger partial charge < -0.3 is 9.47 Å². The lowest BCUT2D eigenvalue weighted by Gasteiger charge is -2.35. The molecular weight excluding hydrogens is 345 g/mol. The second kappa shape index (κ2) is 9.95. The van der Waals surface area contributed by atoms with Crippen molar-refractivity contribution in [3.8, 4) is 0 Å². The summed E-state index contributed by atoms with van der Waals surface area (Å²) in [5.74, 6) is -3.44. The third-order valence-corrected chi connectivity index (χ3v) is 4.79. The Kier molecular flexibility index (Phi) is 7.94. The Bertz CT molecular complexity index is 600. The molecule has 26 heavy (non-hydrogen) atoms. The van der Waals surface area contributed by atoms with Gasteiger partial charge in [-0.1, -0.05) is 39.5 Å². The van der Waals surface area contributed by atoms with Gasteiger partial charge in [-0.15, -0.1) is 0 Å². The number of hydrogen-bond donors (Lipinski definition) is 0. The molecule has 3 nitrogen and oxygen atoms in total. The van der Waals surface area contributed by atoms with Crippen molar-refractivity contribution in [2.24, 2.45) is 5.92 Å². The maximum absolute atomic E-state index is 13.5. The number of benzene rings is 1. The lowest BCUT2D eigenvalue weighted by atomic mass is 9.91. The van der Waals surface area contributed by atoms with Gasteiger partial charge in [-0.2, -0.15) is 0 Å². The minimum atomic E-state index is -1.22. The second-order valence-electron chi connectivity index (χ2n) is 7.07. The van der Waals surface area contributed by atoms with Gasteiger partial charge in [0.1, 0.15) is 11.9 Å². The van der Waals surface area contributed by atoms with E-state index in [-0.39, 0.29) is 36.3 Å². The van der Waals surface area contributed by atoms with Crippen LogP contribution < -0.4 is 0 Å². The summed E-state index contributed by atoms with van der Waals surface area (Å²) in [6, 6.07) is 1.32. The molecule has 1 aliphatic carbocycles. The Morgan fingerprint density at radius 3 is 2.46 bits per heavy atom. The average molecular weight is 372 g/mol. The highest BCUT2D eigenvalue weighted by Gasteiger charge is 2.34. The van der Waals surface area contributed by atoms with Crippen LogP contribution in [0.5, 0.6) is 0 Å². The first-order valence-electron chi connectivity index (χ1n) is 9.36. The SMILES string of the molecule is CCCCCCC(C)C(=O)OC1CC(OCc2cc(F)c(F)cc2F)C1. The van der Waals surface area contributed by atoms with E-state index in [9.17, 15) is 18.0 Å². The largest absolute Gasteiger partial charge is 0.462 e. The molecule has 0 radical (unpaired) electrons. The van der Waals surface area contributed by atoms with E-state index < -0.39 is 17.5 Å². The summed E-state index contributed by atoms with van der Waals surface area (Å²) in [6.45, 7) is 3.89. The van der Waals surface area contributed by atoms with E-state index >= 15 is 0 Å². The molecule has 1 fully saturated rings. The summed E-state index contributed by atoms with van der Waals surface area (Å²) in [5, 5.41) is 0. The van der Waals surface area contributed by atoms with Crippen LogP contribution in [-0.4, -0.2) is 18.2 Å². The molecule has 0 aromatic heterocycles. The van der Waals surface area contributed by atoms with Crippen molar-refractivity contribution < 1.29 is 27.4 Å². The molecule has 6 heteroatoms. The Labute approximate surface area is 152 Å². The fraction of sp³-hybridized carbons (Fsp3) is 0.650. The maximum Gasteiger partial charge on any atom is 0.308 e. The van der Waals surface area contributed by atoms with Gasteiger partial charge >= 0.3 is 5.97 Å². The first-order valence-corrected chi connectivity index (χ1v) is 9.36. The predicted octanol–water partition coefficient (Wildman–Crippen LogP) is 5.30. The number of esters is 1. The van der Waals surface area contributed by atoms with Gasteiger partial charge in [-0.05, 0) is 12.5 Å². The molecule has 1 saturated carbocycles. The summed E-state index contributed by atoms with van der Waals surface area (Å²) in [5.41, 5.74) is -0.0231. The molecule has 0 N–H and O–H groups in total.